The van der Waals surface area contributed by atoms with E-state index in [0.717, 1.165) is 12.2 Å². The molecule has 0 aromatic carbocycles. The number of carbonyl (C=O) groups excluding carboxylic acids is 2. The van der Waals surface area contributed by atoms with Crippen LogP contribution in [0.3, 0.4) is 0 Å². The van der Waals surface area contributed by atoms with Gasteiger partial charge in [0.1, 0.15) is 0 Å². The maximum absolute atomic E-state index is 10.9. The van der Waals surface area contributed by atoms with Crippen molar-refractivity contribution < 1.29 is 19.1 Å². The van der Waals surface area contributed by atoms with Crippen LogP contribution < -0.4 is 0 Å². The fourth-order valence-electron chi connectivity index (χ4n) is 1.21. The van der Waals surface area contributed by atoms with Gasteiger partial charge in [-0.05, 0) is 19.3 Å². The molecule has 0 N–H and O–H groups in total. The van der Waals surface area contributed by atoms with E-state index in [1.54, 1.807) is 6.92 Å². The standard InChI is InChI=1S/C12H18O4/c1-5-11(13)15-8-9(3)7-10(4)16-12(14)6-2/h5-6,9-10H,1-2,7-8H2,3-4H3. The first-order valence-electron chi connectivity index (χ1n) is 5.11. The lowest BCUT2D eigenvalue weighted by atomic mass is 10.1. The van der Waals surface area contributed by atoms with Gasteiger partial charge < -0.3 is 9.47 Å². The van der Waals surface area contributed by atoms with Crippen LogP contribution in [0.15, 0.2) is 25.3 Å². The first-order valence-corrected chi connectivity index (χ1v) is 5.11. The molecule has 4 heteroatoms. The first-order chi connectivity index (χ1) is 7.49. The summed E-state index contributed by atoms with van der Waals surface area (Å²) in [5.74, 6) is -0.762. The van der Waals surface area contributed by atoms with Crippen molar-refractivity contribution in [3.63, 3.8) is 0 Å². The van der Waals surface area contributed by atoms with Crippen molar-refractivity contribution in [2.45, 2.75) is 26.4 Å². The Morgan fingerprint density at radius 2 is 1.75 bits per heavy atom. The maximum Gasteiger partial charge on any atom is 0.330 e. The lowest BCUT2D eigenvalue weighted by Gasteiger charge is -2.16. The van der Waals surface area contributed by atoms with Crippen molar-refractivity contribution in [1.29, 1.82) is 0 Å². The topological polar surface area (TPSA) is 52.6 Å². The summed E-state index contributed by atoms with van der Waals surface area (Å²) in [5, 5.41) is 0. The Kier molecular flexibility index (Phi) is 6.92. The number of ether oxygens (including phenoxy) is 2. The zero-order chi connectivity index (χ0) is 12.6. The van der Waals surface area contributed by atoms with Gasteiger partial charge in [0.2, 0.25) is 0 Å². The second-order valence-electron chi connectivity index (χ2n) is 3.63. The highest BCUT2D eigenvalue weighted by Gasteiger charge is 2.12. The highest BCUT2D eigenvalue weighted by Crippen LogP contribution is 2.09. The van der Waals surface area contributed by atoms with Crippen LogP contribution in [-0.4, -0.2) is 24.6 Å². The van der Waals surface area contributed by atoms with Crippen molar-refractivity contribution in [2.75, 3.05) is 6.61 Å². The van der Waals surface area contributed by atoms with E-state index in [1.807, 2.05) is 6.92 Å². The molecule has 0 saturated carbocycles. The highest BCUT2D eigenvalue weighted by atomic mass is 16.5. The van der Waals surface area contributed by atoms with Crippen LogP contribution in [-0.2, 0) is 19.1 Å². The van der Waals surface area contributed by atoms with Gasteiger partial charge in [-0.3, -0.25) is 0 Å². The molecule has 0 aromatic heterocycles. The second kappa shape index (κ2) is 7.68. The van der Waals surface area contributed by atoms with Crippen molar-refractivity contribution in [2.24, 2.45) is 5.92 Å². The van der Waals surface area contributed by atoms with Crippen LogP contribution >= 0.6 is 0 Å². The van der Waals surface area contributed by atoms with Gasteiger partial charge in [-0.2, -0.15) is 0 Å². The Hall–Kier alpha value is -1.58. The number of hydrogen-bond acceptors (Lipinski definition) is 4. The quantitative estimate of drug-likeness (QED) is 0.491. The summed E-state index contributed by atoms with van der Waals surface area (Å²) in [4.78, 5) is 21.7. The molecule has 0 rings (SSSR count). The van der Waals surface area contributed by atoms with E-state index < -0.39 is 11.9 Å². The van der Waals surface area contributed by atoms with E-state index >= 15 is 0 Å². The van der Waals surface area contributed by atoms with Crippen LogP contribution in [0.5, 0.6) is 0 Å². The SMILES string of the molecule is C=CC(=O)OCC(C)CC(C)OC(=O)C=C. The van der Waals surface area contributed by atoms with Crippen molar-refractivity contribution >= 4 is 11.9 Å². The van der Waals surface area contributed by atoms with Gasteiger partial charge in [0.05, 0.1) is 12.7 Å². The Labute approximate surface area is 95.9 Å². The third-order valence-electron chi connectivity index (χ3n) is 1.90. The molecule has 2 unspecified atom stereocenters. The minimum absolute atomic E-state index is 0.122. The highest BCUT2D eigenvalue weighted by molar-refractivity contribution is 5.81. The summed E-state index contributed by atoms with van der Waals surface area (Å²) in [7, 11) is 0. The molecular formula is C12H18O4. The van der Waals surface area contributed by atoms with Crippen molar-refractivity contribution in [1.82, 2.24) is 0 Å². The molecule has 0 saturated heterocycles. The maximum atomic E-state index is 10.9. The molecule has 0 aliphatic carbocycles. The number of hydrogen-bond donors (Lipinski definition) is 0. The van der Waals surface area contributed by atoms with E-state index in [-0.39, 0.29) is 12.0 Å². The van der Waals surface area contributed by atoms with E-state index in [2.05, 4.69) is 13.2 Å². The van der Waals surface area contributed by atoms with Crippen LogP contribution in [0.2, 0.25) is 0 Å². The summed E-state index contributed by atoms with van der Waals surface area (Å²) < 4.78 is 9.85. The molecule has 90 valence electrons. The Balaban J connectivity index is 3.81. The number of esters is 2. The molecule has 0 bridgehead atoms. The predicted molar refractivity (Wildman–Crippen MR) is 60.7 cm³/mol. The Bertz CT molecular complexity index is 270. The van der Waals surface area contributed by atoms with Crippen LogP contribution in [0.1, 0.15) is 20.3 Å². The minimum atomic E-state index is -0.442. The largest absolute Gasteiger partial charge is 0.462 e. The van der Waals surface area contributed by atoms with Crippen LogP contribution in [0, 0.1) is 5.92 Å². The van der Waals surface area contributed by atoms with Gasteiger partial charge in [-0.1, -0.05) is 20.1 Å². The number of carbonyl (C=O) groups is 2. The van der Waals surface area contributed by atoms with Crippen LogP contribution in [0.4, 0.5) is 0 Å². The summed E-state index contributed by atoms with van der Waals surface area (Å²) in [6, 6.07) is 0. The first kappa shape index (κ1) is 14.4. The fourth-order valence-corrected chi connectivity index (χ4v) is 1.21. The molecule has 0 amide bonds. The summed E-state index contributed by atoms with van der Waals surface area (Å²) >= 11 is 0. The van der Waals surface area contributed by atoms with Gasteiger partial charge in [0, 0.05) is 12.2 Å². The van der Waals surface area contributed by atoms with Gasteiger partial charge in [0.15, 0.2) is 0 Å². The summed E-state index contributed by atoms with van der Waals surface area (Å²) in [5.41, 5.74) is 0. The smallest absolute Gasteiger partial charge is 0.330 e. The second-order valence-corrected chi connectivity index (χ2v) is 3.63. The monoisotopic (exact) mass is 226 g/mol. The average Bonchev–Trinajstić information content (AvgIpc) is 2.25. The van der Waals surface area contributed by atoms with Gasteiger partial charge in [-0.15, -0.1) is 0 Å². The molecule has 0 radical (unpaired) electrons. The summed E-state index contributed by atoms with van der Waals surface area (Å²) in [6.45, 7) is 10.6. The van der Waals surface area contributed by atoms with E-state index in [0.29, 0.717) is 13.0 Å². The average molecular weight is 226 g/mol. The molecule has 0 aliphatic heterocycles. The zero-order valence-electron chi connectivity index (χ0n) is 9.77. The van der Waals surface area contributed by atoms with Gasteiger partial charge >= 0.3 is 11.9 Å². The molecule has 0 heterocycles. The van der Waals surface area contributed by atoms with Gasteiger partial charge in [0.25, 0.3) is 0 Å². The van der Waals surface area contributed by atoms with E-state index in [1.165, 1.54) is 0 Å². The van der Waals surface area contributed by atoms with Gasteiger partial charge in [-0.25, -0.2) is 9.59 Å². The van der Waals surface area contributed by atoms with Crippen molar-refractivity contribution in [3.05, 3.63) is 25.3 Å². The fraction of sp³-hybridized carbons (Fsp3) is 0.500. The van der Waals surface area contributed by atoms with E-state index in [9.17, 15) is 9.59 Å². The normalized spacial score (nSPS) is 13.4. The Morgan fingerprint density at radius 3 is 2.25 bits per heavy atom. The lowest BCUT2D eigenvalue weighted by molar-refractivity contribution is -0.145. The number of rotatable bonds is 7. The lowest BCUT2D eigenvalue weighted by Crippen LogP contribution is -2.19. The molecular weight excluding hydrogens is 208 g/mol. The molecule has 2 atom stereocenters. The molecule has 0 spiro atoms. The van der Waals surface area contributed by atoms with Crippen LogP contribution in [0.25, 0.3) is 0 Å². The molecule has 0 fully saturated rings. The predicted octanol–water partition coefficient (Wildman–Crippen LogP) is 1.86. The molecule has 0 aliphatic rings. The van der Waals surface area contributed by atoms with E-state index in [4.69, 9.17) is 9.47 Å². The van der Waals surface area contributed by atoms with Crippen molar-refractivity contribution in [3.8, 4) is 0 Å². The molecule has 0 aromatic rings. The summed E-state index contributed by atoms with van der Waals surface area (Å²) in [6.07, 6.45) is 2.65. The zero-order valence-corrected chi connectivity index (χ0v) is 9.77. The Morgan fingerprint density at radius 1 is 1.19 bits per heavy atom. The minimum Gasteiger partial charge on any atom is -0.462 e. The third kappa shape index (κ3) is 6.81. The third-order valence-corrected chi connectivity index (χ3v) is 1.90. The molecule has 4 nitrogen and oxygen atoms in total. The molecule has 16 heavy (non-hydrogen) atoms.